The molecule has 0 saturated carbocycles. The Morgan fingerprint density at radius 1 is 1.50 bits per heavy atom. The van der Waals surface area contributed by atoms with Gasteiger partial charge in [0.2, 0.25) is 0 Å². The van der Waals surface area contributed by atoms with Gasteiger partial charge in [-0.1, -0.05) is 0 Å². The van der Waals surface area contributed by atoms with Gasteiger partial charge in [0.05, 0.1) is 0 Å². The number of hydrogen-bond donors (Lipinski definition) is 1. The van der Waals surface area contributed by atoms with Gasteiger partial charge in [0, 0.05) is 17.9 Å². The second-order valence-electron chi connectivity index (χ2n) is 3.97. The minimum atomic E-state index is -0.145. The zero-order chi connectivity index (χ0) is 9.19. The molecule has 0 radical (unpaired) electrons. The minimum absolute atomic E-state index is 0.145. The van der Waals surface area contributed by atoms with Gasteiger partial charge in [-0.2, -0.15) is 0 Å². The van der Waals surface area contributed by atoms with Crippen molar-refractivity contribution in [1.82, 2.24) is 4.98 Å². The van der Waals surface area contributed by atoms with Crippen LogP contribution in [0, 0.1) is 6.92 Å². The Labute approximate surface area is 73.8 Å². The van der Waals surface area contributed by atoms with Crippen molar-refractivity contribution >= 4 is 0 Å². The van der Waals surface area contributed by atoms with Crippen LogP contribution >= 0.6 is 0 Å². The van der Waals surface area contributed by atoms with Crippen LogP contribution in [0.15, 0.2) is 18.5 Å². The molecule has 1 rings (SSSR count). The van der Waals surface area contributed by atoms with E-state index < -0.39 is 0 Å². The van der Waals surface area contributed by atoms with Crippen LogP contribution in [-0.4, -0.2) is 10.5 Å². The monoisotopic (exact) mass is 164 g/mol. The maximum Gasteiger partial charge on any atom is 0.0303 e. The summed E-state index contributed by atoms with van der Waals surface area (Å²) in [6.45, 7) is 6.14. The molecule has 0 amide bonds. The zero-order valence-corrected chi connectivity index (χ0v) is 7.96. The van der Waals surface area contributed by atoms with E-state index >= 15 is 0 Å². The van der Waals surface area contributed by atoms with Crippen LogP contribution in [0.3, 0.4) is 0 Å². The molecular formula is C10H16N2. The van der Waals surface area contributed by atoms with E-state index in [0.717, 1.165) is 6.42 Å². The summed E-state index contributed by atoms with van der Waals surface area (Å²) >= 11 is 0. The van der Waals surface area contributed by atoms with Crippen LogP contribution < -0.4 is 5.73 Å². The van der Waals surface area contributed by atoms with E-state index in [1.54, 1.807) is 0 Å². The second kappa shape index (κ2) is 3.23. The van der Waals surface area contributed by atoms with Gasteiger partial charge in [0.25, 0.3) is 0 Å². The third kappa shape index (κ3) is 2.62. The van der Waals surface area contributed by atoms with Crippen LogP contribution in [0.2, 0.25) is 0 Å². The van der Waals surface area contributed by atoms with Crippen molar-refractivity contribution in [2.45, 2.75) is 32.7 Å². The summed E-state index contributed by atoms with van der Waals surface area (Å²) in [4.78, 5) is 4.07. The highest BCUT2D eigenvalue weighted by molar-refractivity contribution is 5.23. The average molecular weight is 164 g/mol. The summed E-state index contributed by atoms with van der Waals surface area (Å²) in [6, 6.07) is 2.01. The SMILES string of the molecule is Cc1ccncc1CC(C)(C)N. The van der Waals surface area contributed by atoms with E-state index in [4.69, 9.17) is 5.73 Å². The highest BCUT2D eigenvalue weighted by Crippen LogP contribution is 2.12. The summed E-state index contributed by atoms with van der Waals surface area (Å²) in [5, 5.41) is 0. The van der Waals surface area contributed by atoms with Crippen molar-refractivity contribution in [2.24, 2.45) is 5.73 Å². The third-order valence-corrected chi connectivity index (χ3v) is 1.79. The van der Waals surface area contributed by atoms with Gasteiger partial charge in [-0.25, -0.2) is 0 Å². The smallest absolute Gasteiger partial charge is 0.0303 e. The predicted octanol–water partition coefficient (Wildman–Crippen LogP) is 1.67. The van der Waals surface area contributed by atoms with Gasteiger partial charge in [-0.15, -0.1) is 0 Å². The van der Waals surface area contributed by atoms with Gasteiger partial charge in [0.15, 0.2) is 0 Å². The third-order valence-electron chi connectivity index (χ3n) is 1.79. The molecule has 0 saturated heterocycles. The van der Waals surface area contributed by atoms with Gasteiger partial charge in [-0.3, -0.25) is 4.98 Å². The van der Waals surface area contributed by atoms with Crippen LogP contribution in [0.5, 0.6) is 0 Å². The average Bonchev–Trinajstić information content (AvgIpc) is 1.91. The number of rotatable bonds is 2. The predicted molar refractivity (Wildman–Crippen MR) is 50.9 cm³/mol. The molecule has 2 N–H and O–H groups in total. The van der Waals surface area contributed by atoms with E-state index in [9.17, 15) is 0 Å². The molecule has 12 heavy (non-hydrogen) atoms. The molecule has 0 atom stereocenters. The van der Waals surface area contributed by atoms with Crippen molar-refractivity contribution in [1.29, 1.82) is 0 Å². The van der Waals surface area contributed by atoms with Crippen molar-refractivity contribution in [3.05, 3.63) is 29.6 Å². The summed E-state index contributed by atoms with van der Waals surface area (Å²) < 4.78 is 0. The molecule has 0 aromatic carbocycles. The highest BCUT2D eigenvalue weighted by atomic mass is 14.7. The number of aryl methyl sites for hydroxylation is 1. The lowest BCUT2D eigenvalue weighted by atomic mass is 9.95. The fraction of sp³-hybridized carbons (Fsp3) is 0.500. The lowest BCUT2D eigenvalue weighted by Crippen LogP contribution is -2.34. The molecule has 1 heterocycles. The van der Waals surface area contributed by atoms with Crippen molar-refractivity contribution in [2.75, 3.05) is 0 Å². The van der Waals surface area contributed by atoms with E-state index in [-0.39, 0.29) is 5.54 Å². The maximum absolute atomic E-state index is 5.91. The van der Waals surface area contributed by atoms with Gasteiger partial charge in [0.1, 0.15) is 0 Å². The zero-order valence-electron chi connectivity index (χ0n) is 7.96. The van der Waals surface area contributed by atoms with Gasteiger partial charge < -0.3 is 5.73 Å². The first kappa shape index (κ1) is 9.20. The van der Waals surface area contributed by atoms with E-state index in [1.165, 1.54) is 11.1 Å². The van der Waals surface area contributed by atoms with E-state index in [0.29, 0.717) is 0 Å². The highest BCUT2D eigenvalue weighted by Gasteiger charge is 2.12. The lowest BCUT2D eigenvalue weighted by Gasteiger charge is -2.19. The summed E-state index contributed by atoms with van der Waals surface area (Å²) in [6.07, 6.45) is 4.58. The van der Waals surface area contributed by atoms with Crippen LogP contribution in [0.25, 0.3) is 0 Å². The summed E-state index contributed by atoms with van der Waals surface area (Å²) in [5.74, 6) is 0. The molecule has 0 spiro atoms. The summed E-state index contributed by atoms with van der Waals surface area (Å²) in [7, 11) is 0. The fourth-order valence-corrected chi connectivity index (χ4v) is 1.17. The van der Waals surface area contributed by atoms with Crippen molar-refractivity contribution in [3.63, 3.8) is 0 Å². The normalized spacial score (nSPS) is 11.7. The van der Waals surface area contributed by atoms with E-state index in [2.05, 4.69) is 11.9 Å². The molecule has 0 bridgehead atoms. The van der Waals surface area contributed by atoms with Crippen LogP contribution in [-0.2, 0) is 6.42 Å². The Bertz CT molecular complexity index is 261. The molecule has 1 aromatic rings. The molecule has 0 aliphatic heterocycles. The molecule has 2 nitrogen and oxygen atoms in total. The Morgan fingerprint density at radius 2 is 2.17 bits per heavy atom. The molecule has 0 aliphatic rings. The number of hydrogen-bond acceptors (Lipinski definition) is 2. The van der Waals surface area contributed by atoms with E-state index in [1.807, 2.05) is 32.3 Å². The largest absolute Gasteiger partial charge is 0.325 e. The molecule has 0 aliphatic carbocycles. The number of nitrogens with two attached hydrogens (primary N) is 1. The number of aromatic nitrogens is 1. The Morgan fingerprint density at radius 3 is 2.67 bits per heavy atom. The Hall–Kier alpha value is -0.890. The topological polar surface area (TPSA) is 38.9 Å². The Balaban J connectivity index is 2.83. The molecule has 2 heteroatoms. The fourth-order valence-electron chi connectivity index (χ4n) is 1.17. The summed E-state index contributed by atoms with van der Waals surface area (Å²) in [5.41, 5.74) is 8.27. The molecule has 0 unspecified atom stereocenters. The maximum atomic E-state index is 5.91. The first-order valence-corrected chi connectivity index (χ1v) is 4.17. The standard InChI is InChI=1S/C10H16N2/c1-8-4-5-12-7-9(8)6-10(2,3)11/h4-5,7H,6,11H2,1-3H3. The molecule has 66 valence electrons. The van der Waals surface area contributed by atoms with Gasteiger partial charge in [-0.05, 0) is 44.4 Å². The van der Waals surface area contributed by atoms with Crippen LogP contribution in [0.1, 0.15) is 25.0 Å². The molecule has 1 aromatic heterocycles. The van der Waals surface area contributed by atoms with Crippen molar-refractivity contribution in [3.8, 4) is 0 Å². The minimum Gasteiger partial charge on any atom is -0.325 e. The Kier molecular flexibility index (Phi) is 2.48. The molecule has 0 fully saturated rings. The second-order valence-corrected chi connectivity index (χ2v) is 3.97. The number of nitrogens with zero attached hydrogens (tertiary/aromatic N) is 1. The van der Waals surface area contributed by atoms with Crippen molar-refractivity contribution < 1.29 is 0 Å². The quantitative estimate of drug-likeness (QED) is 0.722. The number of pyridine rings is 1. The first-order chi connectivity index (χ1) is 5.49. The molecular weight excluding hydrogens is 148 g/mol. The lowest BCUT2D eigenvalue weighted by molar-refractivity contribution is 0.514. The van der Waals surface area contributed by atoms with Crippen LogP contribution in [0.4, 0.5) is 0 Å². The van der Waals surface area contributed by atoms with Gasteiger partial charge >= 0.3 is 0 Å². The first-order valence-electron chi connectivity index (χ1n) is 4.17.